The molecule has 164 valence electrons. The molecule has 3 saturated heterocycles. The van der Waals surface area contributed by atoms with E-state index in [9.17, 15) is 4.79 Å². The average Bonchev–Trinajstić information content (AvgIpc) is 3.55. The average molecular weight is 424 g/mol. The van der Waals surface area contributed by atoms with E-state index in [1.165, 1.54) is 18.1 Å². The quantitative estimate of drug-likeness (QED) is 0.693. The van der Waals surface area contributed by atoms with Gasteiger partial charge in [0.15, 0.2) is 0 Å². The van der Waals surface area contributed by atoms with Gasteiger partial charge in [-0.25, -0.2) is 0 Å². The van der Waals surface area contributed by atoms with Crippen LogP contribution in [0.3, 0.4) is 0 Å². The van der Waals surface area contributed by atoms with Crippen LogP contribution >= 0.6 is 0 Å². The van der Waals surface area contributed by atoms with Gasteiger partial charge in [-0.3, -0.25) is 14.5 Å². The van der Waals surface area contributed by atoms with Crippen LogP contribution in [0.25, 0.3) is 6.08 Å². The summed E-state index contributed by atoms with van der Waals surface area (Å²) in [7, 11) is 0. The third kappa shape index (κ3) is 4.57. The SMILES string of the molecule is O=C(NC[C@H]1[C@H]2CN(C/C=C/c3ccccc3)C[C@]23CC[C@H]1O3)c1ccoc1.O=CO. The van der Waals surface area contributed by atoms with Gasteiger partial charge in [0.1, 0.15) is 6.26 Å². The Kier molecular flexibility index (Phi) is 6.53. The van der Waals surface area contributed by atoms with E-state index in [1.54, 1.807) is 6.07 Å². The second-order valence-corrected chi connectivity index (χ2v) is 8.36. The van der Waals surface area contributed by atoms with E-state index >= 15 is 0 Å². The van der Waals surface area contributed by atoms with E-state index in [2.05, 4.69) is 46.6 Å². The summed E-state index contributed by atoms with van der Waals surface area (Å²) in [6.07, 6.45) is 10.00. The van der Waals surface area contributed by atoms with E-state index in [1.807, 2.05) is 6.07 Å². The van der Waals surface area contributed by atoms with Crippen LogP contribution in [0.4, 0.5) is 0 Å². The Morgan fingerprint density at radius 3 is 2.84 bits per heavy atom. The second-order valence-electron chi connectivity index (χ2n) is 8.36. The Morgan fingerprint density at radius 2 is 2.10 bits per heavy atom. The van der Waals surface area contributed by atoms with Crippen molar-refractivity contribution in [2.45, 2.75) is 24.5 Å². The first-order valence-electron chi connectivity index (χ1n) is 10.7. The number of furan rings is 1. The van der Waals surface area contributed by atoms with Gasteiger partial charge in [-0.05, 0) is 24.5 Å². The Balaban J connectivity index is 0.000000730. The predicted molar refractivity (Wildman–Crippen MR) is 115 cm³/mol. The van der Waals surface area contributed by atoms with Crippen molar-refractivity contribution in [3.63, 3.8) is 0 Å². The van der Waals surface area contributed by atoms with Gasteiger partial charge in [-0.1, -0.05) is 42.5 Å². The fourth-order valence-electron chi connectivity index (χ4n) is 5.31. The van der Waals surface area contributed by atoms with Gasteiger partial charge in [-0.2, -0.15) is 0 Å². The first-order valence-corrected chi connectivity index (χ1v) is 10.7. The third-order valence-corrected chi connectivity index (χ3v) is 6.61. The Hall–Kier alpha value is -2.90. The van der Waals surface area contributed by atoms with Gasteiger partial charge in [0.05, 0.1) is 23.5 Å². The molecule has 0 radical (unpaired) electrons. The minimum atomic E-state index is -0.250. The van der Waals surface area contributed by atoms with Crippen LogP contribution in [0, 0.1) is 11.8 Å². The lowest BCUT2D eigenvalue weighted by atomic mass is 9.73. The molecule has 3 aliphatic rings. The minimum Gasteiger partial charge on any atom is -0.483 e. The summed E-state index contributed by atoms with van der Waals surface area (Å²) in [5, 5.41) is 9.98. The highest BCUT2D eigenvalue weighted by Crippen LogP contribution is 2.54. The number of carboxylic acid groups (broad SMARTS) is 1. The highest BCUT2D eigenvalue weighted by atomic mass is 16.5. The maximum absolute atomic E-state index is 12.3. The summed E-state index contributed by atoms with van der Waals surface area (Å²) in [4.78, 5) is 23.1. The summed E-state index contributed by atoms with van der Waals surface area (Å²) < 4.78 is 11.5. The molecular formula is C24H28N2O5. The van der Waals surface area contributed by atoms with Gasteiger partial charge in [0, 0.05) is 38.0 Å². The number of carbonyl (C=O) groups is 2. The number of nitrogens with zero attached hydrogens (tertiary/aromatic N) is 1. The number of ether oxygens (including phenoxy) is 1. The molecule has 2 bridgehead atoms. The lowest BCUT2D eigenvalue weighted by Gasteiger charge is -2.29. The lowest BCUT2D eigenvalue weighted by molar-refractivity contribution is -0.122. The molecule has 4 atom stereocenters. The van der Waals surface area contributed by atoms with Crippen molar-refractivity contribution in [2.24, 2.45) is 11.8 Å². The van der Waals surface area contributed by atoms with Crippen LogP contribution in [-0.2, 0) is 9.53 Å². The summed E-state index contributed by atoms with van der Waals surface area (Å²) in [6, 6.07) is 12.1. The Labute approximate surface area is 181 Å². The van der Waals surface area contributed by atoms with Crippen LogP contribution < -0.4 is 5.32 Å². The van der Waals surface area contributed by atoms with Crippen LogP contribution in [-0.4, -0.2) is 60.3 Å². The molecule has 5 rings (SSSR count). The maximum Gasteiger partial charge on any atom is 0.290 e. The molecule has 2 N–H and O–H groups in total. The first-order chi connectivity index (χ1) is 15.1. The number of likely N-dealkylation sites (tertiary alicyclic amines) is 1. The van der Waals surface area contributed by atoms with E-state index in [0.717, 1.165) is 32.5 Å². The Bertz CT molecular complexity index is 898. The largest absolute Gasteiger partial charge is 0.483 e. The van der Waals surface area contributed by atoms with Crippen LogP contribution in [0.1, 0.15) is 28.8 Å². The molecule has 0 saturated carbocycles. The van der Waals surface area contributed by atoms with Crippen LogP contribution in [0.15, 0.2) is 59.4 Å². The monoisotopic (exact) mass is 424 g/mol. The molecule has 1 spiro atoms. The van der Waals surface area contributed by atoms with Gasteiger partial charge >= 0.3 is 0 Å². The first kappa shape index (κ1) is 21.3. The highest BCUT2D eigenvalue weighted by Gasteiger charge is 2.62. The van der Waals surface area contributed by atoms with Crippen molar-refractivity contribution in [1.29, 1.82) is 0 Å². The summed E-state index contributed by atoms with van der Waals surface area (Å²) in [5.74, 6) is 0.833. The van der Waals surface area contributed by atoms with E-state index in [-0.39, 0.29) is 24.1 Å². The molecule has 1 aromatic carbocycles. The van der Waals surface area contributed by atoms with Gasteiger partial charge < -0.3 is 19.6 Å². The topological polar surface area (TPSA) is 92.0 Å². The van der Waals surface area contributed by atoms with E-state index in [0.29, 0.717) is 23.9 Å². The van der Waals surface area contributed by atoms with Crippen molar-refractivity contribution in [3.05, 3.63) is 66.1 Å². The number of amides is 1. The molecule has 4 heterocycles. The van der Waals surface area contributed by atoms with Crippen molar-refractivity contribution >= 4 is 18.5 Å². The van der Waals surface area contributed by atoms with Crippen molar-refractivity contribution in [2.75, 3.05) is 26.2 Å². The number of hydrogen-bond donors (Lipinski definition) is 2. The molecule has 3 fully saturated rings. The zero-order chi connectivity index (χ0) is 21.7. The number of benzene rings is 1. The van der Waals surface area contributed by atoms with E-state index in [4.69, 9.17) is 19.1 Å². The lowest BCUT2D eigenvalue weighted by Crippen LogP contribution is -2.41. The van der Waals surface area contributed by atoms with Crippen molar-refractivity contribution in [1.82, 2.24) is 10.2 Å². The molecular weight excluding hydrogens is 396 g/mol. The zero-order valence-corrected chi connectivity index (χ0v) is 17.4. The molecule has 1 aromatic heterocycles. The molecule has 7 heteroatoms. The smallest absolute Gasteiger partial charge is 0.290 e. The fourth-order valence-corrected chi connectivity index (χ4v) is 5.31. The van der Waals surface area contributed by atoms with Crippen LogP contribution in [0.2, 0.25) is 0 Å². The van der Waals surface area contributed by atoms with E-state index < -0.39 is 0 Å². The maximum atomic E-state index is 12.3. The normalized spacial score (nSPS) is 28.8. The number of rotatable bonds is 6. The Morgan fingerprint density at radius 1 is 1.29 bits per heavy atom. The van der Waals surface area contributed by atoms with Crippen LogP contribution in [0.5, 0.6) is 0 Å². The number of hydrogen-bond acceptors (Lipinski definition) is 5. The third-order valence-electron chi connectivity index (χ3n) is 6.61. The highest BCUT2D eigenvalue weighted by molar-refractivity contribution is 5.93. The predicted octanol–water partition coefficient (Wildman–Crippen LogP) is 2.90. The summed E-state index contributed by atoms with van der Waals surface area (Å²) in [5.41, 5.74) is 1.81. The number of fused-ring (bicyclic) bond motifs is 1. The van der Waals surface area contributed by atoms with Crippen molar-refractivity contribution < 1.29 is 23.8 Å². The summed E-state index contributed by atoms with van der Waals surface area (Å²) >= 11 is 0. The standard InChI is InChI=1S/C23H26N2O3.CH2O2/c26-22(18-9-12-27-15-18)24-13-19-20-14-25(16-23(20)10-8-21(19)28-23)11-4-7-17-5-2-1-3-6-17;2-1-3/h1-7,9,12,15,19-21H,8,10-11,13-14,16H2,(H,24,26);1H,(H,2,3)/b7-4+;/t19-,20+,21+,23+;/m0./s1. The zero-order valence-electron chi connectivity index (χ0n) is 17.4. The molecule has 2 aromatic rings. The van der Waals surface area contributed by atoms with Crippen molar-refractivity contribution in [3.8, 4) is 0 Å². The fraction of sp³-hybridized carbons (Fsp3) is 0.417. The number of carbonyl (C=O) groups excluding carboxylic acids is 1. The molecule has 1 amide bonds. The molecule has 0 aliphatic carbocycles. The molecule has 7 nitrogen and oxygen atoms in total. The van der Waals surface area contributed by atoms with Gasteiger partial charge in [0.25, 0.3) is 12.4 Å². The molecule has 0 unspecified atom stereocenters. The van der Waals surface area contributed by atoms with Gasteiger partial charge in [-0.15, -0.1) is 0 Å². The molecule has 3 aliphatic heterocycles. The minimum absolute atomic E-state index is 0.00368. The number of nitrogens with one attached hydrogen (secondary N) is 1. The van der Waals surface area contributed by atoms with Gasteiger partial charge in [0.2, 0.25) is 0 Å². The second kappa shape index (κ2) is 9.49. The summed E-state index contributed by atoms with van der Waals surface area (Å²) in [6.45, 7) is 3.41. The molecule has 31 heavy (non-hydrogen) atoms.